The molecule has 1 rings (SSSR count). The summed E-state index contributed by atoms with van der Waals surface area (Å²) in [4.78, 5) is 0. The molecular formula is C13H15F3N2O. The van der Waals surface area contributed by atoms with Crippen molar-refractivity contribution in [1.29, 1.82) is 5.26 Å². The standard InChI is InChI=1S/C13H15F3N2O/c1-10(8-13(14,15)16)18-9-11-2-4-12(5-3-11)19-7-6-17/h2-5,10,18H,7-9H2,1H3. The van der Waals surface area contributed by atoms with Gasteiger partial charge in [-0.05, 0) is 24.6 Å². The van der Waals surface area contributed by atoms with Gasteiger partial charge in [-0.3, -0.25) is 0 Å². The van der Waals surface area contributed by atoms with E-state index >= 15 is 0 Å². The largest absolute Gasteiger partial charge is 0.479 e. The first-order valence-electron chi connectivity index (χ1n) is 5.79. The van der Waals surface area contributed by atoms with Crippen LogP contribution >= 0.6 is 0 Å². The molecule has 0 radical (unpaired) electrons. The van der Waals surface area contributed by atoms with Gasteiger partial charge in [0.05, 0.1) is 6.42 Å². The molecule has 0 aliphatic rings. The summed E-state index contributed by atoms with van der Waals surface area (Å²) in [5.41, 5.74) is 0.860. The number of alkyl halides is 3. The molecular weight excluding hydrogens is 257 g/mol. The van der Waals surface area contributed by atoms with Crippen LogP contribution in [-0.2, 0) is 6.54 Å². The van der Waals surface area contributed by atoms with Crippen LogP contribution in [0, 0.1) is 11.3 Å². The highest BCUT2D eigenvalue weighted by molar-refractivity contribution is 5.27. The average Bonchev–Trinajstić information content (AvgIpc) is 2.33. The second kappa shape index (κ2) is 7.00. The predicted octanol–water partition coefficient (Wildman–Crippen LogP) is 3.02. The number of nitrogens with zero attached hydrogens (tertiary/aromatic N) is 1. The maximum absolute atomic E-state index is 12.1. The molecule has 1 N–H and O–H groups in total. The zero-order valence-electron chi connectivity index (χ0n) is 10.5. The third-order valence-electron chi connectivity index (χ3n) is 2.42. The molecule has 19 heavy (non-hydrogen) atoms. The van der Waals surface area contributed by atoms with E-state index < -0.39 is 18.6 Å². The van der Waals surface area contributed by atoms with Crippen LogP contribution in [0.15, 0.2) is 24.3 Å². The van der Waals surface area contributed by atoms with Gasteiger partial charge in [0, 0.05) is 12.6 Å². The van der Waals surface area contributed by atoms with Crippen LogP contribution < -0.4 is 10.1 Å². The Morgan fingerprint density at radius 3 is 2.47 bits per heavy atom. The van der Waals surface area contributed by atoms with Crippen molar-refractivity contribution >= 4 is 0 Å². The summed E-state index contributed by atoms with van der Waals surface area (Å²) >= 11 is 0. The van der Waals surface area contributed by atoms with Crippen molar-refractivity contribution in [3.8, 4) is 11.8 Å². The van der Waals surface area contributed by atoms with Crippen molar-refractivity contribution in [3.05, 3.63) is 29.8 Å². The molecule has 0 aliphatic heterocycles. The molecule has 0 amide bonds. The molecule has 0 saturated carbocycles. The van der Waals surface area contributed by atoms with Crippen molar-refractivity contribution in [1.82, 2.24) is 5.32 Å². The van der Waals surface area contributed by atoms with Crippen LogP contribution in [0.4, 0.5) is 13.2 Å². The van der Waals surface area contributed by atoms with Gasteiger partial charge >= 0.3 is 6.18 Å². The van der Waals surface area contributed by atoms with Gasteiger partial charge in [-0.25, -0.2) is 0 Å². The van der Waals surface area contributed by atoms with Gasteiger partial charge in [0.15, 0.2) is 6.61 Å². The molecule has 104 valence electrons. The fraction of sp³-hybridized carbons (Fsp3) is 0.462. The topological polar surface area (TPSA) is 45.0 Å². The summed E-state index contributed by atoms with van der Waals surface area (Å²) < 4.78 is 41.4. The zero-order valence-corrected chi connectivity index (χ0v) is 10.5. The maximum Gasteiger partial charge on any atom is 0.390 e. The Balaban J connectivity index is 2.39. The highest BCUT2D eigenvalue weighted by atomic mass is 19.4. The van der Waals surface area contributed by atoms with E-state index in [1.54, 1.807) is 24.3 Å². The Bertz CT molecular complexity index is 423. The molecule has 0 bridgehead atoms. The predicted molar refractivity (Wildman–Crippen MR) is 64.5 cm³/mol. The molecule has 1 aromatic rings. The summed E-state index contributed by atoms with van der Waals surface area (Å²) in [7, 11) is 0. The lowest BCUT2D eigenvalue weighted by atomic mass is 10.2. The van der Waals surface area contributed by atoms with E-state index in [0.717, 1.165) is 5.56 Å². The van der Waals surface area contributed by atoms with E-state index in [4.69, 9.17) is 10.00 Å². The molecule has 1 atom stereocenters. The van der Waals surface area contributed by atoms with Crippen molar-refractivity contribution < 1.29 is 17.9 Å². The lowest BCUT2D eigenvalue weighted by Crippen LogP contribution is -2.30. The maximum atomic E-state index is 12.1. The number of rotatable bonds is 6. The smallest absolute Gasteiger partial charge is 0.390 e. The van der Waals surface area contributed by atoms with E-state index in [-0.39, 0.29) is 6.61 Å². The van der Waals surface area contributed by atoms with Crippen LogP contribution in [0.1, 0.15) is 18.9 Å². The fourth-order valence-corrected chi connectivity index (χ4v) is 1.53. The lowest BCUT2D eigenvalue weighted by molar-refractivity contribution is -0.139. The van der Waals surface area contributed by atoms with Gasteiger partial charge in [-0.15, -0.1) is 0 Å². The van der Waals surface area contributed by atoms with Crippen LogP contribution in [0.5, 0.6) is 5.75 Å². The molecule has 0 aliphatic carbocycles. The highest BCUT2D eigenvalue weighted by Gasteiger charge is 2.29. The average molecular weight is 272 g/mol. The number of ether oxygens (including phenoxy) is 1. The number of nitriles is 1. The van der Waals surface area contributed by atoms with Crippen LogP contribution in [0.25, 0.3) is 0 Å². The van der Waals surface area contributed by atoms with Crippen molar-refractivity contribution in [2.75, 3.05) is 6.61 Å². The molecule has 1 aromatic carbocycles. The second-order valence-corrected chi connectivity index (χ2v) is 4.19. The Hall–Kier alpha value is -1.74. The minimum atomic E-state index is -4.15. The number of benzene rings is 1. The van der Waals surface area contributed by atoms with Gasteiger partial charge in [0.25, 0.3) is 0 Å². The van der Waals surface area contributed by atoms with E-state index in [2.05, 4.69) is 5.32 Å². The number of hydrogen-bond acceptors (Lipinski definition) is 3. The first kappa shape index (κ1) is 15.3. The quantitative estimate of drug-likeness (QED) is 0.865. The monoisotopic (exact) mass is 272 g/mol. The molecule has 6 heteroatoms. The number of halogens is 3. The summed E-state index contributed by atoms with van der Waals surface area (Å²) in [6, 6.07) is 8.09. The molecule has 0 heterocycles. The van der Waals surface area contributed by atoms with Crippen molar-refractivity contribution in [2.24, 2.45) is 0 Å². The second-order valence-electron chi connectivity index (χ2n) is 4.19. The SMILES string of the molecule is CC(CC(F)(F)F)NCc1ccc(OCC#N)cc1. The number of nitrogens with one attached hydrogen (secondary N) is 1. The highest BCUT2D eigenvalue weighted by Crippen LogP contribution is 2.21. The Labute approximate surface area is 110 Å². The van der Waals surface area contributed by atoms with Gasteiger partial charge in [0.2, 0.25) is 0 Å². The fourth-order valence-electron chi connectivity index (χ4n) is 1.53. The molecule has 0 fully saturated rings. The first-order valence-corrected chi connectivity index (χ1v) is 5.79. The van der Waals surface area contributed by atoms with Gasteiger partial charge in [0.1, 0.15) is 11.8 Å². The van der Waals surface area contributed by atoms with Gasteiger partial charge < -0.3 is 10.1 Å². The zero-order chi connectivity index (χ0) is 14.3. The summed E-state index contributed by atoms with van der Waals surface area (Å²) in [5.74, 6) is 0.564. The van der Waals surface area contributed by atoms with Crippen molar-refractivity contribution in [2.45, 2.75) is 32.1 Å². The van der Waals surface area contributed by atoms with Crippen LogP contribution in [0.2, 0.25) is 0 Å². The van der Waals surface area contributed by atoms with Crippen LogP contribution in [0.3, 0.4) is 0 Å². The third-order valence-corrected chi connectivity index (χ3v) is 2.42. The van der Waals surface area contributed by atoms with Gasteiger partial charge in [-0.1, -0.05) is 12.1 Å². The first-order chi connectivity index (χ1) is 8.90. The lowest BCUT2D eigenvalue weighted by Gasteiger charge is -2.15. The third kappa shape index (κ3) is 6.67. The molecule has 0 saturated heterocycles. The van der Waals surface area contributed by atoms with E-state index in [1.807, 2.05) is 6.07 Å². The van der Waals surface area contributed by atoms with E-state index in [1.165, 1.54) is 6.92 Å². The minimum Gasteiger partial charge on any atom is -0.479 e. The molecule has 1 unspecified atom stereocenters. The number of hydrogen-bond donors (Lipinski definition) is 1. The molecule has 3 nitrogen and oxygen atoms in total. The summed E-state index contributed by atoms with van der Waals surface area (Å²) in [6.45, 7) is 1.83. The normalized spacial score (nSPS) is 12.8. The minimum absolute atomic E-state index is 0.0276. The Morgan fingerprint density at radius 1 is 1.32 bits per heavy atom. The Morgan fingerprint density at radius 2 is 1.95 bits per heavy atom. The van der Waals surface area contributed by atoms with E-state index in [9.17, 15) is 13.2 Å². The molecule has 0 spiro atoms. The van der Waals surface area contributed by atoms with Crippen LogP contribution in [-0.4, -0.2) is 18.8 Å². The summed E-state index contributed by atoms with van der Waals surface area (Å²) in [5, 5.41) is 11.1. The molecule has 0 aromatic heterocycles. The Kier molecular flexibility index (Phi) is 5.64. The van der Waals surface area contributed by atoms with E-state index in [0.29, 0.717) is 12.3 Å². The van der Waals surface area contributed by atoms with Crippen molar-refractivity contribution in [3.63, 3.8) is 0 Å². The van der Waals surface area contributed by atoms with Gasteiger partial charge in [-0.2, -0.15) is 18.4 Å². The summed E-state index contributed by atoms with van der Waals surface area (Å²) in [6.07, 6.45) is -5.00.